The van der Waals surface area contributed by atoms with E-state index in [-0.39, 0.29) is 29.2 Å². The van der Waals surface area contributed by atoms with Gasteiger partial charge in [-0.05, 0) is 31.0 Å². The van der Waals surface area contributed by atoms with Crippen molar-refractivity contribution in [2.75, 3.05) is 20.3 Å². The van der Waals surface area contributed by atoms with E-state index in [9.17, 15) is 18.3 Å². The van der Waals surface area contributed by atoms with Crippen LogP contribution in [0.1, 0.15) is 21.5 Å². The van der Waals surface area contributed by atoms with Crippen LogP contribution in [0.4, 0.5) is 0 Å². The zero-order valence-electron chi connectivity index (χ0n) is 11.4. The highest BCUT2D eigenvalue weighted by molar-refractivity contribution is 9.10. The number of hydrogen-bond donors (Lipinski definition) is 2. The van der Waals surface area contributed by atoms with Gasteiger partial charge in [0.1, 0.15) is 0 Å². The molecule has 0 fully saturated rings. The summed E-state index contributed by atoms with van der Waals surface area (Å²) in [7, 11) is -2.32. The van der Waals surface area contributed by atoms with Crippen LogP contribution < -0.4 is 4.72 Å². The van der Waals surface area contributed by atoms with E-state index < -0.39 is 16.0 Å². The number of hydrogen-bond acceptors (Lipinski definition) is 4. The van der Waals surface area contributed by atoms with E-state index in [4.69, 9.17) is 4.74 Å². The van der Waals surface area contributed by atoms with Crippen LogP contribution in [0.5, 0.6) is 0 Å². The Kier molecular flexibility index (Phi) is 5.69. The average Bonchev–Trinajstić information content (AvgIpc) is 2.33. The Bertz CT molecular complexity index is 627. The van der Waals surface area contributed by atoms with Crippen molar-refractivity contribution in [3.8, 4) is 0 Å². The van der Waals surface area contributed by atoms with Gasteiger partial charge in [0.05, 0.1) is 17.1 Å². The Morgan fingerprint density at radius 1 is 1.40 bits per heavy atom. The van der Waals surface area contributed by atoms with Gasteiger partial charge in [-0.25, -0.2) is 17.9 Å². The van der Waals surface area contributed by atoms with Crippen LogP contribution in [0.25, 0.3) is 0 Å². The summed E-state index contributed by atoms with van der Waals surface area (Å²) >= 11 is 3.19. The van der Waals surface area contributed by atoms with Crippen LogP contribution in [-0.4, -0.2) is 39.8 Å². The van der Waals surface area contributed by atoms with Gasteiger partial charge in [-0.1, -0.05) is 15.9 Å². The number of rotatable bonds is 6. The second-order valence-electron chi connectivity index (χ2n) is 4.18. The summed E-state index contributed by atoms with van der Waals surface area (Å²) in [5.41, 5.74) is 0.695. The smallest absolute Gasteiger partial charge is 0.336 e. The van der Waals surface area contributed by atoms with Crippen LogP contribution in [0.2, 0.25) is 0 Å². The van der Waals surface area contributed by atoms with E-state index in [1.807, 2.05) is 0 Å². The molecule has 6 nitrogen and oxygen atoms in total. The van der Waals surface area contributed by atoms with Crippen molar-refractivity contribution in [1.82, 2.24) is 4.72 Å². The first-order chi connectivity index (χ1) is 9.22. The lowest BCUT2D eigenvalue weighted by atomic mass is 10.0. The Hall–Kier alpha value is -0.960. The maximum atomic E-state index is 12.2. The Balaban J connectivity index is 3.36. The number of methoxy groups -OCH3 is 1. The van der Waals surface area contributed by atoms with Gasteiger partial charge in [0.25, 0.3) is 0 Å². The average molecular weight is 366 g/mol. The van der Waals surface area contributed by atoms with Crippen molar-refractivity contribution in [2.45, 2.75) is 18.7 Å². The summed E-state index contributed by atoms with van der Waals surface area (Å²) in [6, 6.07) is 1.41. The molecule has 0 saturated heterocycles. The number of nitrogens with one attached hydrogen (secondary N) is 1. The predicted octanol–water partition coefficient (Wildman–Crippen LogP) is 1.69. The third kappa shape index (κ3) is 3.57. The predicted molar refractivity (Wildman–Crippen MR) is 77.6 cm³/mol. The van der Waals surface area contributed by atoms with Gasteiger partial charge in [0.15, 0.2) is 0 Å². The molecule has 20 heavy (non-hydrogen) atoms. The number of ether oxygens (including phenoxy) is 1. The molecule has 0 saturated carbocycles. The molecule has 0 heterocycles. The zero-order chi connectivity index (χ0) is 15.5. The lowest BCUT2D eigenvalue weighted by molar-refractivity contribution is 0.0695. The molecule has 0 aliphatic carbocycles. The summed E-state index contributed by atoms with van der Waals surface area (Å²) in [5, 5.41) is 9.22. The minimum absolute atomic E-state index is 0.00788. The van der Waals surface area contributed by atoms with E-state index in [1.165, 1.54) is 20.1 Å². The second-order valence-corrected chi connectivity index (χ2v) is 6.77. The molecule has 2 N–H and O–H groups in total. The van der Waals surface area contributed by atoms with E-state index in [0.717, 1.165) is 0 Å². The highest BCUT2D eigenvalue weighted by Crippen LogP contribution is 2.29. The molecular weight excluding hydrogens is 350 g/mol. The first kappa shape index (κ1) is 17.1. The Labute approximate surface area is 126 Å². The summed E-state index contributed by atoms with van der Waals surface area (Å²) in [6.45, 7) is 3.45. The van der Waals surface area contributed by atoms with E-state index >= 15 is 0 Å². The maximum Gasteiger partial charge on any atom is 0.336 e. The zero-order valence-corrected chi connectivity index (χ0v) is 13.8. The molecular formula is C12H16BrNO5S. The quantitative estimate of drug-likeness (QED) is 0.748. The van der Waals surface area contributed by atoms with Gasteiger partial charge in [0, 0.05) is 18.1 Å². The molecule has 0 aromatic heterocycles. The molecule has 0 spiro atoms. The number of halogens is 1. The van der Waals surface area contributed by atoms with Crippen molar-refractivity contribution in [3.63, 3.8) is 0 Å². The number of carbonyl (C=O) groups is 1. The van der Waals surface area contributed by atoms with Crippen LogP contribution in [0.3, 0.4) is 0 Å². The molecule has 0 atom stereocenters. The molecule has 0 bridgehead atoms. The normalized spacial score (nSPS) is 11.6. The van der Waals surface area contributed by atoms with Crippen LogP contribution in [0.15, 0.2) is 15.4 Å². The molecule has 0 unspecified atom stereocenters. The SMILES string of the molecule is COCCNS(=O)(=O)c1cc(Br)c(C)c(C(=O)O)c1C. The van der Waals surface area contributed by atoms with Crippen molar-refractivity contribution in [3.05, 3.63) is 27.2 Å². The molecule has 1 rings (SSSR count). The molecule has 1 aromatic carbocycles. The molecule has 8 heteroatoms. The van der Waals surface area contributed by atoms with Crippen LogP contribution >= 0.6 is 15.9 Å². The summed E-state index contributed by atoms with van der Waals surface area (Å²) < 4.78 is 32.0. The number of aromatic carboxylic acids is 1. The van der Waals surface area contributed by atoms with Gasteiger partial charge in [-0.2, -0.15) is 0 Å². The lowest BCUT2D eigenvalue weighted by Crippen LogP contribution is -2.28. The third-order valence-corrected chi connectivity index (χ3v) is 5.25. The first-order valence-corrected chi connectivity index (χ1v) is 8.01. The van der Waals surface area contributed by atoms with Crippen molar-refractivity contribution < 1.29 is 23.1 Å². The molecule has 0 amide bonds. The highest BCUT2D eigenvalue weighted by Gasteiger charge is 2.24. The van der Waals surface area contributed by atoms with Crippen molar-refractivity contribution in [2.24, 2.45) is 0 Å². The molecule has 1 aromatic rings. The Morgan fingerprint density at radius 2 is 2.00 bits per heavy atom. The topological polar surface area (TPSA) is 92.7 Å². The fraction of sp³-hybridized carbons (Fsp3) is 0.417. The number of carboxylic acid groups (broad SMARTS) is 1. The molecule has 0 radical (unpaired) electrons. The third-order valence-electron chi connectivity index (χ3n) is 2.84. The fourth-order valence-corrected chi connectivity index (χ4v) is 3.68. The summed E-state index contributed by atoms with van der Waals surface area (Å²) in [4.78, 5) is 11.2. The van der Waals surface area contributed by atoms with Crippen LogP contribution in [-0.2, 0) is 14.8 Å². The fourth-order valence-electron chi connectivity index (χ4n) is 1.81. The van der Waals surface area contributed by atoms with Gasteiger partial charge < -0.3 is 9.84 Å². The molecule has 0 aliphatic rings. The summed E-state index contributed by atoms with van der Waals surface area (Å²) in [5.74, 6) is -1.16. The largest absolute Gasteiger partial charge is 0.478 e. The van der Waals surface area contributed by atoms with Crippen LogP contribution in [0, 0.1) is 13.8 Å². The summed E-state index contributed by atoms with van der Waals surface area (Å²) in [6.07, 6.45) is 0. The van der Waals surface area contributed by atoms with Gasteiger partial charge in [-0.3, -0.25) is 0 Å². The molecule has 0 aliphatic heterocycles. The minimum Gasteiger partial charge on any atom is -0.478 e. The van der Waals surface area contributed by atoms with Crippen molar-refractivity contribution in [1.29, 1.82) is 0 Å². The molecule has 112 valence electrons. The number of carboxylic acids is 1. The monoisotopic (exact) mass is 365 g/mol. The van der Waals surface area contributed by atoms with E-state index in [2.05, 4.69) is 20.7 Å². The first-order valence-electron chi connectivity index (χ1n) is 5.74. The highest BCUT2D eigenvalue weighted by atomic mass is 79.9. The van der Waals surface area contributed by atoms with E-state index in [1.54, 1.807) is 6.92 Å². The number of benzene rings is 1. The van der Waals surface area contributed by atoms with Crippen molar-refractivity contribution >= 4 is 31.9 Å². The van der Waals surface area contributed by atoms with Gasteiger partial charge >= 0.3 is 5.97 Å². The lowest BCUT2D eigenvalue weighted by Gasteiger charge is -2.14. The minimum atomic E-state index is -3.78. The maximum absolute atomic E-state index is 12.2. The van der Waals surface area contributed by atoms with Gasteiger partial charge in [-0.15, -0.1) is 0 Å². The second kappa shape index (κ2) is 6.66. The number of sulfonamides is 1. The Morgan fingerprint density at radius 3 is 2.50 bits per heavy atom. The standard InChI is InChI=1S/C12H16BrNO5S/c1-7-9(13)6-10(8(2)11(7)12(15)16)20(17,18)14-4-5-19-3/h6,14H,4-5H2,1-3H3,(H,15,16). The van der Waals surface area contributed by atoms with Gasteiger partial charge in [0.2, 0.25) is 10.0 Å². The van der Waals surface area contributed by atoms with E-state index in [0.29, 0.717) is 10.0 Å².